The molecule has 0 radical (unpaired) electrons. The largest absolute Gasteiger partial charge is 0.321 e. The third kappa shape index (κ3) is 2.13. The molecular formula is C12H24N4. The van der Waals surface area contributed by atoms with E-state index in [1.165, 1.54) is 0 Å². The predicted octanol–water partition coefficient (Wildman–Crippen LogP) is 1.54. The molecule has 0 fully saturated rings. The third-order valence-corrected chi connectivity index (χ3v) is 3.75. The summed E-state index contributed by atoms with van der Waals surface area (Å²) >= 11 is 0. The van der Waals surface area contributed by atoms with Gasteiger partial charge in [-0.15, -0.1) is 0 Å². The maximum absolute atomic E-state index is 6.39. The van der Waals surface area contributed by atoms with Crippen LogP contribution in [0.15, 0.2) is 12.3 Å². The first-order valence-corrected chi connectivity index (χ1v) is 5.90. The van der Waals surface area contributed by atoms with E-state index in [0.717, 1.165) is 18.5 Å². The van der Waals surface area contributed by atoms with Crippen molar-refractivity contribution in [3.63, 3.8) is 0 Å². The number of rotatable bonds is 5. The molecule has 1 atom stereocenters. The van der Waals surface area contributed by atoms with Gasteiger partial charge in [-0.25, -0.2) is 0 Å². The summed E-state index contributed by atoms with van der Waals surface area (Å²) in [6, 6.07) is 1.97. The summed E-state index contributed by atoms with van der Waals surface area (Å²) in [7, 11) is 6.11. The molecule has 1 rings (SSSR count). The van der Waals surface area contributed by atoms with Crippen LogP contribution >= 0.6 is 0 Å². The maximum atomic E-state index is 6.39. The Labute approximate surface area is 98.4 Å². The van der Waals surface area contributed by atoms with E-state index in [0.29, 0.717) is 0 Å². The third-order valence-electron chi connectivity index (χ3n) is 3.75. The van der Waals surface area contributed by atoms with Crippen molar-refractivity contribution >= 4 is 0 Å². The first-order chi connectivity index (χ1) is 7.47. The zero-order valence-corrected chi connectivity index (χ0v) is 11.1. The lowest BCUT2D eigenvalue weighted by Gasteiger charge is -2.42. The van der Waals surface area contributed by atoms with Crippen LogP contribution in [-0.2, 0) is 7.05 Å². The van der Waals surface area contributed by atoms with Crippen molar-refractivity contribution in [2.45, 2.75) is 38.3 Å². The normalized spacial score (nSPS) is 14.4. The van der Waals surface area contributed by atoms with Crippen molar-refractivity contribution in [2.24, 2.45) is 12.8 Å². The van der Waals surface area contributed by atoms with Gasteiger partial charge in [0.2, 0.25) is 0 Å². The Morgan fingerprint density at radius 1 is 1.44 bits per heavy atom. The minimum Gasteiger partial charge on any atom is -0.321 e. The molecule has 1 aromatic heterocycles. The van der Waals surface area contributed by atoms with E-state index in [1.807, 2.05) is 19.3 Å². The minimum absolute atomic E-state index is 0.00560. The van der Waals surface area contributed by atoms with Gasteiger partial charge in [-0.1, -0.05) is 13.8 Å². The van der Waals surface area contributed by atoms with E-state index in [4.69, 9.17) is 5.73 Å². The molecule has 0 aliphatic carbocycles. The van der Waals surface area contributed by atoms with Crippen LogP contribution in [0.25, 0.3) is 0 Å². The number of hydrogen-bond donors (Lipinski definition) is 1. The molecule has 4 heteroatoms. The molecule has 0 saturated heterocycles. The molecule has 1 aromatic rings. The highest BCUT2D eigenvalue weighted by atomic mass is 15.3. The minimum atomic E-state index is -0.0429. The van der Waals surface area contributed by atoms with E-state index in [2.05, 4.69) is 37.9 Å². The van der Waals surface area contributed by atoms with Gasteiger partial charge in [0, 0.05) is 18.8 Å². The molecule has 0 aliphatic heterocycles. The van der Waals surface area contributed by atoms with Gasteiger partial charge < -0.3 is 10.6 Å². The molecule has 0 aliphatic rings. The summed E-state index contributed by atoms with van der Waals surface area (Å²) in [6.07, 6.45) is 3.99. The van der Waals surface area contributed by atoms with Crippen molar-refractivity contribution < 1.29 is 0 Å². The summed E-state index contributed by atoms with van der Waals surface area (Å²) in [5.74, 6) is 0. The average molecular weight is 224 g/mol. The molecule has 0 amide bonds. The number of likely N-dealkylation sites (N-methyl/N-ethyl adjacent to an activating group) is 1. The average Bonchev–Trinajstić information content (AvgIpc) is 2.66. The van der Waals surface area contributed by atoms with E-state index >= 15 is 0 Å². The van der Waals surface area contributed by atoms with Crippen LogP contribution in [0.1, 0.15) is 38.4 Å². The van der Waals surface area contributed by atoms with Crippen molar-refractivity contribution in [2.75, 3.05) is 14.1 Å². The highest BCUT2D eigenvalue weighted by Gasteiger charge is 2.37. The van der Waals surface area contributed by atoms with Crippen LogP contribution < -0.4 is 5.73 Å². The van der Waals surface area contributed by atoms with Crippen molar-refractivity contribution in [1.82, 2.24) is 14.7 Å². The lowest BCUT2D eigenvalue weighted by molar-refractivity contribution is 0.104. The fraction of sp³-hybridized carbons (Fsp3) is 0.750. The van der Waals surface area contributed by atoms with Gasteiger partial charge in [-0.05, 0) is 33.0 Å². The monoisotopic (exact) mass is 224 g/mol. The predicted molar refractivity (Wildman–Crippen MR) is 67.1 cm³/mol. The summed E-state index contributed by atoms with van der Waals surface area (Å²) in [4.78, 5) is 2.23. The molecule has 0 spiro atoms. The van der Waals surface area contributed by atoms with Gasteiger partial charge in [0.1, 0.15) is 0 Å². The van der Waals surface area contributed by atoms with Crippen LogP contribution in [-0.4, -0.2) is 34.3 Å². The van der Waals surface area contributed by atoms with Gasteiger partial charge in [0.25, 0.3) is 0 Å². The molecular weight excluding hydrogens is 200 g/mol. The smallest absolute Gasteiger partial charge is 0.0810 e. The highest BCUT2D eigenvalue weighted by Crippen LogP contribution is 2.33. The molecule has 16 heavy (non-hydrogen) atoms. The number of nitrogens with zero attached hydrogens (tertiary/aromatic N) is 3. The second kappa shape index (κ2) is 4.97. The summed E-state index contributed by atoms with van der Waals surface area (Å²) in [6.45, 7) is 4.37. The Bertz CT molecular complexity index is 326. The van der Waals surface area contributed by atoms with Crippen molar-refractivity contribution in [3.05, 3.63) is 18.0 Å². The Kier molecular flexibility index (Phi) is 4.10. The summed E-state index contributed by atoms with van der Waals surface area (Å²) in [5, 5.41) is 4.42. The van der Waals surface area contributed by atoms with Crippen LogP contribution in [0.5, 0.6) is 0 Å². The van der Waals surface area contributed by atoms with E-state index in [9.17, 15) is 0 Å². The molecule has 1 unspecified atom stereocenters. The number of hydrogen-bond acceptors (Lipinski definition) is 3. The molecule has 1 heterocycles. The molecule has 0 aromatic carbocycles. The Morgan fingerprint density at radius 3 is 2.31 bits per heavy atom. The topological polar surface area (TPSA) is 47.1 Å². The lowest BCUT2D eigenvalue weighted by atomic mass is 9.82. The molecule has 0 saturated carbocycles. The van der Waals surface area contributed by atoms with Gasteiger partial charge in [-0.3, -0.25) is 4.68 Å². The van der Waals surface area contributed by atoms with Crippen molar-refractivity contribution in [3.8, 4) is 0 Å². The van der Waals surface area contributed by atoms with Gasteiger partial charge in [0.05, 0.1) is 11.7 Å². The molecule has 0 bridgehead atoms. The molecule has 2 N–H and O–H groups in total. The first-order valence-electron chi connectivity index (χ1n) is 5.90. The van der Waals surface area contributed by atoms with Crippen LogP contribution in [0, 0.1) is 0 Å². The fourth-order valence-corrected chi connectivity index (χ4v) is 2.47. The molecule has 92 valence electrons. The van der Waals surface area contributed by atoms with Crippen LogP contribution in [0.3, 0.4) is 0 Å². The zero-order chi connectivity index (χ0) is 12.3. The van der Waals surface area contributed by atoms with Crippen molar-refractivity contribution in [1.29, 1.82) is 0 Å². The Balaban J connectivity index is 3.04. The number of aromatic nitrogens is 2. The second-order valence-electron chi connectivity index (χ2n) is 4.60. The number of aryl methyl sites for hydroxylation is 1. The Hall–Kier alpha value is -0.870. The van der Waals surface area contributed by atoms with E-state index < -0.39 is 0 Å². The van der Waals surface area contributed by atoms with Crippen LogP contribution in [0.2, 0.25) is 0 Å². The zero-order valence-electron chi connectivity index (χ0n) is 11.1. The quantitative estimate of drug-likeness (QED) is 0.825. The van der Waals surface area contributed by atoms with Gasteiger partial charge in [-0.2, -0.15) is 5.10 Å². The maximum Gasteiger partial charge on any atom is 0.0810 e. The molecule has 4 nitrogen and oxygen atoms in total. The fourth-order valence-electron chi connectivity index (χ4n) is 2.47. The van der Waals surface area contributed by atoms with Crippen LogP contribution in [0.4, 0.5) is 0 Å². The van der Waals surface area contributed by atoms with Gasteiger partial charge in [0.15, 0.2) is 0 Å². The van der Waals surface area contributed by atoms with E-state index in [-0.39, 0.29) is 11.6 Å². The first kappa shape index (κ1) is 13.2. The lowest BCUT2D eigenvalue weighted by Crippen LogP contribution is -2.51. The number of nitrogens with two attached hydrogens (primary N) is 1. The Morgan fingerprint density at radius 2 is 2.00 bits per heavy atom. The SMILES string of the molecule is CCC(CC)(C(N)c1ccn(C)n1)N(C)C. The van der Waals surface area contributed by atoms with Gasteiger partial charge >= 0.3 is 0 Å². The standard InChI is InChI=1S/C12H24N4/c1-6-12(7-2,15(3)4)11(13)10-8-9-16(5)14-10/h8-9,11H,6-7,13H2,1-5H3. The summed E-state index contributed by atoms with van der Waals surface area (Å²) in [5.41, 5.74) is 7.36. The summed E-state index contributed by atoms with van der Waals surface area (Å²) < 4.78 is 1.81. The van der Waals surface area contributed by atoms with E-state index in [1.54, 1.807) is 4.68 Å². The second-order valence-corrected chi connectivity index (χ2v) is 4.60. The highest BCUT2D eigenvalue weighted by molar-refractivity contribution is 5.13.